The van der Waals surface area contributed by atoms with Crippen LogP contribution < -0.4 is 5.32 Å². The standard InChI is InChI=1S/C11H10FN3O3/c1-15(6-10(16)17)11(18)14-9-3-2-8(12)4-7(9)5-13/h2-4H,6H2,1H3,(H,14,18)(H,16,17). The van der Waals surface area contributed by atoms with Gasteiger partial charge in [0.25, 0.3) is 0 Å². The first-order valence-corrected chi connectivity index (χ1v) is 4.87. The van der Waals surface area contributed by atoms with Gasteiger partial charge in [0, 0.05) is 7.05 Å². The van der Waals surface area contributed by atoms with E-state index in [1.54, 1.807) is 6.07 Å². The van der Waals surface area contributed by atoms with Crippen LogP contribution >= 0.6 is 0 Å². The van der Waals surface area contributed by atoms with Gasteiger partial charge in [-0.15, -0.1) is 0 Å². The summed E-state index contributed by atoms with van der Waals surface area (Å²) >= 11 is 0. The smallest absolute Gasteiger partial charge is 0.323 e. The van der Waals surface area contributed by atoms with Crippen molar-refractivity contribution in [1.82, 2.24) is 4.90 Å². The van der Waals surface area contributed by atoms with Crippen LogP contribution in [-0.2, 0) is 4.79 Å². The zero-order chi connectivity index (χ0) is 13.7. The first kappa shape index (κ1) is 13.4. The van der Waals surface area contributed by atoms with Crippen molar-refractivity contribution in [3.8, 4) is 6.07 Å². The number of halogens is 1. The van der Waals surface area contributed by atoms with Crippen molar-refractivity contribution in [3.63, 3.8) is 0 Å². The lowest BCUT2D eigenvalue weighted by molar-refractivity contribution is -0.137. The van der Waals surface area contributed by atoms with Crippen LogP contribution in [0.2, 0.25) is 0 Å². The van der Waals surface area contributed by atoms with Crippen molar-refractivity contribution >= 4 is 17.7 Å². The van der Waals surface area contributed by atoms with Crippen molar-refractivity contribution in [2.24, 2.45) is 0 Å². The Morgan fingerprint density at radius 1 is 1.56 bits per heavy atom. The van der Waals surface area contributed by atoms with E-state index in [2.05, 4.69) is 5.32 Å². The van der Waals surface area contributed by atoms with Gasteiger partial charge in [0.1, 0.15) is 18.4 Å². The maximum absolute atomic E-state index is 12.9. The van der Waals surface area contributed by atoms with Gasteiger partial charge in [0.05, 0.1) is 11.3 Å². The van der Waals surface area contributed by atoms with Crippen molar-refractivity contribution in [3.05, 3.63) is 29.6 Å². The minimum atomic E-state index is -1.16. The highest BCUT2D eigenvalue weighted by Gasteiger charge is 2.14. The van der Waals surface area contributed by atoms with Gasteiger partial charge >= 0.3 is 12.0 Å². The molecule has 2 amide bonds. The Balaban J connectivity index is 2.82. The normalized spacial score (nSPS) is 9.39. The summed E-state index contributed by atoms with van der Waals surface area (Å²) in [6, 6.07) is 4.34. The predicted octanol–water partition coefficient (Wildman–Crippen LogP) is 1.25. The van der Waals surface area contributed by atoms with Crippen LogP contribution in [0.15, 0.2) is 18.2 Å². The summed E-state index contributed by atoms with van der Waals surface area (Å²) in [6.07, 6.45) is 0. The predicted molar refractivity (Wildman–Crippen MR) is 60.4 cm³/mol. The summed E-state index contributed by atoms with van der Waals surface area (Å²) < 4.78 is 12.9. The van der Waals surface area contributed by atoms with Crippen LogP contribution in [0.1, 0.15) is 5.56 Å². The van der Waals surface area contributed by atoms with Crippen LogP contribution in [0.3, 0.4) is 0 Å². The molecule has 6 nitrogen and oxygen atoms in total. The number of nitriles is 1. The average Bonchev–Trinajstić information content (AvgIpc) is 2.30. The molecule has 7 heteroatoms. The highest BCUT2D eigenvalue weighted by Crippen LogP contribution is 2.16. The van der Waals surface area contributed by atoms with E-state index < -0.39 is 24.4 Å². The number of aliphatic carboxylic acids is 1. The van der Waals surface area contributed by atoms with Gasteiger partial charge in [0.15, 0.2) is 0 Å². The minimum absolute atomic E-state index is 0.0351. The fourth-order valence-corrected chi connectivity index (χ4v) is 1.20. The molecule has 0 atom stereocenters. The lowest BCUT2D eigenvalue weighted by Gasteiger charge is -2.16. The summed E-state index contributed by atoms with van der Waals surface area (Å²) in [5.41, 5.74) is 0.0909. The number of urea groups is 1. The van der Waals surface area contributed by atoms with E-state index >= 15 is 0 Å². The van der Waals surface area contributed by atoms with E-state index in [-0.39, 0.29) is 11.3 Å². The van der Waals surface area contributed by atoms with Crippen LogP contribution in [0.5, 0.6) is 0 Å². The Kier molecular flexibility index (Phi) is 4.21. The molecule has 0 aliphatic rings. The zero-order valence-corrected chi connectivity index (χ0v) is 9.48. The van der Waals surface area contributed by atoms with Crippen molar-refractivity contribution in [1.29, 1.82) is 5.26 Å². The number of hydrogen-bond acceptors (Lipinski definition) is 3. The number of nitrogens with zero attached hydrogens (tertiary/aromatic N) is 2. The fourth-order valence-electron chi connectivity index (χ4n) is 1.20. The fraction of sp³-hybridized carbons (Fsp3) is 0.182. The maximum atomic E-state index is 12.9. The van der Waals surface area contributed by atoms with Gasteiger partial charge < -0.3 is 15.3 Å². The lowest BCUT2D eigenvalue weighted by Crippen LogP contribution is -2.35. The second kappa shape index (κ2) is 5.63. The van der Waals surface area contributed by atoms with Crippen LogP contribution in [0, 0.1) is 17.1 Å². The molecule has 0 unspecified atom stereocenters. The summed E-state index contributed by atoms with van der Waals surface area (Å²) in [7, 11) is 1.29. The van der Waals surface area contributed by atoms with Gasteiger partial charge in [-0.3, -0.25) is 4.79 Å². The lowest BCUT2D eigenvalue weighted by atomic mass is 10.2. The molecule has 0 fully saturated rings. The van der Waals surface area contributed by atoms with Gasteiger partial charge in [-0.05, 0) is 18.2 Å². The summed E-state index contributed by atoms with van der Waals surface area (Å²) in [6.45, 7) is -0.477. The number of hydrogen-bond donors (Lipinski definition) is 2. The number of carboxylic acids is 1. The van der Waals surface area contributed by atoms with E-state index in [9.17, 15) is 14.0 Å². The molecule has 0 aromatic heterocycles. The van der Waals surface area contributed by atoms with E-state index in [1.807, 2.05) is 0 Å². The average molecular weight is 251 g/mol. The minimum Gasteiger partial charge on any atom is -0.480 e. The Bertz CT molecular complexity index is 525. The Morgan fingerprint density at radius 2 is 2.22 bits per heavy atom. The van der Waals surface area contributed by atoms with Crippen LogP contribution in [0.4, 0.5) is 14.9 Å². The number of nitrogens with one attached hydrogen (secondary N) is 1. The monoisotopic (exact) mass is 251 g/mol. The third-order valence-electron chi connectivity index (χ3n) is 2.06. The molecule has 0 bridgehead atoms. The van der Waals surface area contributed by atoms with E-state index in [4.69, 9.17) is 10.4 Å². The highest BCUT2D eigenvalue weighted by molar-refractivity contribution is 5.92. The molecule has 0 aliphatic carbocycles. The second-order valence-electron chi connectivity index (χ2n) is 3.48. The zero-order valence-electron chi connectivity index (χ0n) is 9.48. The molecule has 1 rings (SSSR count). The first-order valence-electron chi connectivity index (χ1n) is 4.87. The molecular formula is C11H10FN3O3. The molecule has 0 radical (unpaired) electrons. The van der Waals surface area contributed by atoms with Crippen molar-refractivity contribution < 1.29 is 19.1 Å². The quantitative estimate of drug-likeness (QED) is 0.845. The van der Waals surface area contributed by atoms with Gasteiger partial charge in [-0.25, -0.2) is 9.18 Å². The number of rotatable bonds is 3. The number of likely N-dealkylation sites (N-methyl/N-ethyl adjacent to an activating group) is 1. The summed E-state index contributed by atoms with van der Waals surface area (Å²) in [4.78, 5) is 22.9. The molecule has 0 heterocycles. The van der Waals surface area contributed by atoms with E-state index in [0.717, 1.165) is 17.0 Å². The van der Waals surface area contributed by atoms with E-state index in [1.165, 1.54) is 13.1 Å². The molecule has 94 valence electrons. The Hall–Kier alpha value is -2.62. The number of carbonyl (C=O) groups is 2. The molecule has 0 spiro atoms. The SMILES string of the molecule is CN(CC(=O)O)C(=O)Nc1ccc(F)cc1C#N. The third-order valence-corrected chi connectivity index (χ3v) is 2.06. The van der Waals surface area contributed by atoms with Gasteiger partial charge in [-0.2, -0.15) is 5.26 Å². The summed E-state index contributed by atoms with van der Waals surface area (Å²) in [5.74, 6) is -1.75. The molecule has 18 heavy (non-hydrogen) atoms. The van der Waals surface area contributed by atoms with Crippen LogP contribution in [0.25, 0.3) is 0 Å². The maximum Gasteiger partial charge on any atom is 0.323 e. The molecule has 0 aliphatic heterocycles. The Labute approximate surface area is 102 Å². The van der Waals surface area contributed by atoms with Crippen molar-refractivity contribution in [2.45, 2.75) is 0 Å². The molecular weight excluding hydrogens is 241 g/mol. The topological polar surface area (TPSA) is 93.4 Å². The third kappa shape index (κ3) is 3.45. The number of anilines is 1. The highest BCUT2D eigenvalue weighted by atomic mass is 19.1. The number of carboxylic acid groups (broad SMARTS) is 1. The van der Waals surface area contributed by atoms with Crippen molar-refractivity contribution in [2.75, 3.05) is 18.9 Å². The summed E-state index contributed by atoms with van der Waals surface area (Å²) in [5, 5.41) is 19.6. The molecule has 1 aromatic carbocycles. The molecule has 1 aromatic rings. The van der Waals surface area contributed by atoms with Gasteiger partial charge in [-0.1, -0.05) is 0 Å². The van der Waals surface area contributed by atoms with Crippen LogP contribution in [-0.4, -0.2) is 35.6 Å². The largest absolute Gasteiger partial charge is 0.480 e. The first-order chi connectivity index (χ1) is 8.43. The Morgan fingerprint density at radius 3 is 2.78 bits per heavy atom. The molecule has 0 saturated carbocycles. The number of benzene rings is 1. The molecule has 2 N–H and O–H groups in total. The second-order valence-corrected chi connectivity index (χ2v) is 3.48. The van der Waals surface area contributed by atoms with E-state index in [0.29, 0.717) is 0 Å². The number of amides is 2. The molecule has 0 saturated heterocycles. The van der Waals surface area contributed by atoms with Gasteiger partial charge in [0.2, 0.25) is 0 Å². The number of carbonyl (C=O) groups excluding carboxylic acids is 1.